The number of sulfonamides is 1. The summed E-state index contributed by atoms with van der Waals surface area (Å²) < 4.78 is 27.8. The lowest BCUT2D eigenvalue weighted by Gasteiger charge is -2.30. The summed E-state index contributed by atoms with van der Waals surface area (Å²) in [6, 6.07) is 24.1. The molecule has 166 valence electrons. The quantitative estimate of drug-likeness (QED) is 0.575. The van der Waals surface area contributed by atoms with Gasteiger partial charge in [0.05, 0.1) is 10.6 Å². The van der Waals surface area contributed by atoms with E-state index in [9.17, 15) is 13.2 Å². The minimum Gasteiger partial charge on any atom is -0.350 e. The van der Waals surface area contributed by atoms with Crippen molar-refractivity contribution in [2.75, 3.05) is 10.8 Å². The van der Waals surface area contributed by atoms with Crippen molar-refractivity contribution < 1.29 is 13.2 Å². The van der Waals surface area contributed by atoms with E-state index in [2.05, 4.69) is 17.4 Å². The number of aryl methyl sites for hydroxylation is 2. The maximum Gasteiger partial charge on any atom is 0.264 e. The van der Waals surface area contributed by atoms with Crippen LogP contribution >= 0.6 is 0 Å². The Morgan fingerprint density at radius 1 is 1.00 bits per heavy atom. The molecule has 32 heavy (non-hydrogen) atoms. The number of carbonyl (C=O) groups is 1. The van der Waals surface area contributed by atoms with Crippen LogP contribution in [0.2, 0.25) is 0 Å². The molecule has 0 aromatic heterocycles. The van der Waals surface area contributed by atoms with Gasteiger partial charge in [0.15, 0.2) is 0 Å². The van der Waals surface area contributed by atoms with E-state index in [1.807, 2.05) is 31.2 Å². The molecule has 0 bridgehead atoms. The molecule has 1 amide bonds. The van der Waals surface area contributed by atoms with Crippen molar-refractivity contribution in [3.63, 3.8) is 0 Å². The molecule has 0 unspecified atom stereocenters. The second kappa shape index (κ2) is 9.57. The van der Waals surface area contributed by atoms with Crippen LogP contribution in [0.25, 0.3) is 0 Å². The van der Waals surface area contributed by atoms with E-state index >= 15 is 0 Å². The Kier molecular flexibility index (Phi) is 6.61. The fourth-order valence-corrected chi connectivity index (χ4v) is 5.64. The van der Waals surface area contributed by atoms with Crippen molar-refractivity contribution in [3.8, 4) is 0 Å². The standard InChI is InChI=1S/C26H28N2O3S/c1-20(14-15-21-9-4-2-5-10-21)27-26(29)23-16-17-25-22(19-23)11-8-18-28(25)32(30,31)24-12-6-3-7-13-24/h2-7,9-10,12-13,16-17,19-20H,8,11,14-15,18H2,1H3,(H,27,29)/t20-/m0/s1. The van der Waals surface area contributed by atoms with E-state index in [-0.39, 0.29) is 16.8 Å². The number of amides is 1. The summed E-state index contributed by atoms with van der Waals surface area (Å²) in [5.41, 5.74) is 3.37. The molecule has 6 heteroatoms. The summed E-state index contributed by atoms with van der Waals surface area (Å²) in [5.74, 6) is -0.128. The molecule has 1 atom stereocenters. The number of hydrogen-bond acceptors (Lipinski definition) is 3. The average molecular weight is 449 g/mol. The summed E-state index contributed by atoms with van der Waals surface area (Å²) in [4.78, 5) is 13.1. The molecule has 0 saturated heterocycles. The Bertz CT molecular complexity index is 1180. The average Bonchev–Trinajstić information content (AvgIpc) is 2.83. The van der Waals surface area contributed by atoms with Gasteiger partial charge in [0, 0.05) is 18.2 Å². The largest absolute Gasteiger partial charge is 0.350 e. The molecule has 1 heterocycles. The van der Waals surface area contributed by atoms with Crippen LogP contribution < -0.4 is 9.62 Å². The second-order valence-electron chi connectivity index (χ2n) is 8.24. The Balaban J connectivity index is 1.47. The highest BCUT2D eigenvalue weighted by Gasteiger charge is 2.29. The molecule has 0 saturated carbocycles. The molecule has 4 rings (SSSR count). The second-order valence-corrected chi connectivity index (χ2v) is 10.1. The molecule has 0 fully saturated rings. The zero-order valence-electron chi connectivity index (χ0n) is 18.2. The van der Waals surface area contributed by atoms with Gasteiger partial charge in [-0.15, -0.1) is 0 Å². The number of anilines is 1. The van der Waals surface area contributed by atoms with Gasteiger partial charge < -0.3 is 5.32 Å². The van der Waals surface area contributed by atoms with Crippen molar-refractivity contribution in [1.82, 2.24) is 5.32 Å². The molecule has 1 N–H and O–H groups in total. The van der Waals surface area contributed by atoms with E-state index in [1.165, 1.54) is 9.87 Å². The van der Waals surface area contributed by atoms with Gasteiger partial charge in [-0.3, -0.25) is 9.10 Å². The molecule has 3 aromatic carbocycles. The Morgan fingerprint density at radius 3 is 2.41 bits per heavy atom. The summed E-state index contributed by atoms with van der Waals surface area (Å²) in [5, 5.41) is 3.07. The number of nitrogens with zero attached hydrogens (tertiary/aromatic N) is 1. The first-order chi connectivity index (χ1) is 15.4. The lowest BCUT2D eigenvalue weighted by Crippen LogP contribution is -2.36. The lowest BCUT2D eigenvalue weighted by molar-refractivity contribution is 0.0938. The maximum absolute atomic E-state index is 13.1. The minimum atomic E-state index is -3.63. The van der Waals surface area contributed by atoms with Crippen LogP contribution in [0.5, 0.6) is 0 Å². The first kappa shape index (κ1) is 22.1. The van der Waals surface area contributed by atoms with Gasteiger partial charge >= 0.3 is 0 Å². The number of carbonyl (C=O) groups excluding carboxylic acids is 1. The van der Waals surface area contributed by atoms with E-state index in [4.69, 9.17) is 0 Å². The number of nitrogens with one attached hydrogen (secondary N) is 1. The van der Waals surface area contributed by atoms with Crippen LogP contribution in [0, 0.1) is 0 Å². The van der Waals surface area contributed by atoms with Crippen LogP contribution in [-0.2, 0) is 22.9 Å². The summed E-state index contributed by atoms with van der Waals surface area (Å²) in [7, 11) is -3.63. The zero-order valence-corrected chi connectivity index (χ0v) is 19.0. The van der Waals surface area contributed by atoms with Crippen LogP contribution in [0.1, 0.15) is 41.3 Å². The third kappa shape index (κ3) is 4.86. The monoisotopic (exact) mass is 448 g/mol. The topological polar surface area (TPSA) is 66.5 Å². The molecule has 1 aliphatic heterocycles. The fourth-order valence-electron chi connectivity index (χ4n) is 4.08. The van der Waals surface area contributed by atoms with Gasteiger partial charge in [0.25, 0.3) is 15.9 Å². The number of hydrogen-bond donors (Lipinski definition) is 1. The minimum absolute atomic E-state index is 0.0358. The molecule has 1 aliphatic rings. The van der Waals surface area contributed by atoms with E-state index < -0.39 is 10.0 Å². The van der Waals surface area contributed by atoms with Crippen molar-refractivity contribution in [3.05, 3.63) is 95.6 Å². The number of rotatable bonds is 7. The molecular weight excluding hydrogens is 420 g/mol. The van der Waals surface area contributed by atoms with Crippen LogP contribution in [0.15, 0.2) is 83.8 Å². The first-order valence-corrected chi connectivity index (χ1v) is 12.4. The van der Waals surface area contributed by atoms with Crippen molar-refractivity contribution in [2.45, 2.75) is 43.5 Å². The predicted molar refractivity (Wildman–Crippen MR) is 127 cm³/mol. The number of benzene rings is 3. The summed E-state index contributed by atoms with van der Waals surface area (Å²) in [6.07, 6.45) is 3.22. The van der Waals surface area contributed by atoms with Gasteiger partial charge in [-0.1, -0.05) is 48.5 Å². The third-order valence-corrected chi connectivity index (χ3v) is 7.66. The van der Waals surface area contributed by atoms with Gasteiger partial charge in [0.1, 0.15) is 0 Å². The van der Waals surface area contributed by atoms with Crippen molar-refractivity contribution >= 4 is 21.6 Å². The summed E-state index contributed by atoms with van der Waals surface area (Å²) >= 11 is 0. The smallest absolute Gasteiger partial charge is 0.264 e. The van der Waals surface area contributed by atoms with Crippen LogP contribution in [0.4, 0.5) is 5.69 Å². The molecule has 0 radical (unpaired) electrons. The third-order valence-electron chi connectivity index (χ3n) is 5.84. The van der Waals surface area contributed by atoms with Gasteiger partial charge in [0.2, 0.25) is 0 Å². The molecule has 0 spiro atoms. The molecule has 5 nitrogen and oxygen atoms in total. The Hall–Kier alpha value is -3.12. The van der Waals surface area contributed by atoms with Gasteiger partial charge in [-0.25, -0.2) is 8.42 Å². The zero-order chi connectivity index (χ0) is 22.6. The SMILES string of the molecule is C[C@@H](CCc1ccccc1)NC(=O)c1ccc2c(c1)CCCN2S(=O)(=O)c1ccccc1. The normalized spacial score (nSPS) is 14.5. The predicted octanol–water partition coefficient (Wildman–Crippen LogP) is 4.58. The highest BCUT2D eigenvalue weighted by Crippen LogP contribution is 2.32. The lowest BCUT2D eigenvalue weighted by atomic mass is 10.00. The highest BCUT2D eigenvalue weighted by molar-refractivity contribution is 7.92. The van der Waals surface area contributed by atoms with Crippen molar-refractivity contribution in [1.29, 1.82) is 0 Å². The Labute approximate surface area is 190 Å². The fraction of sp³-hybridized carbons (Fsp3) is 0.269. The van der Waals surface area contributed by atoms with Crippen LogP contribution in [-0.4, -0.2) is 26.9 Å². The van der Waals surface area contributed by atoms with Gasteiger partial charge in [-0.2, -0.15) is 0 Å². The molecular formula is C26H28N2O3S. The molecule has 0 aliphatic carbocycles. The van der Waals surface area contributed by atoms with E-state index in [1.54, 1.807) is 42.5 Å². The van der Waals surface area contributed by atoms with Crippen LogP contribution in [0.3, 0.4) is 0 Å². The van der Waals surface area contributed by atoms with E-state index in [0.717, 1.165) is 31.2 Å². The summed E-state index contributed by atoms with van der Waals surface area (Å²) in [6.45, 7) is 2.44. The number of fused-ring (bicyclic) bond motifs is 1. The van der Waals surface area contributed by atoms with Gasteiger partial charge in [-0.05, 0) is 74.1 Å². The van der Waals surface area contributed by atoms with E-state index in [0.29, 0.717) is 17.8 Å². The Morgan fingerprint density at radius 2 is 1.69 bits per heavy atom. The maximum atomic E-state index is 13.1. The van der Waals surface area contributed by atoms with Crippen molar-refractivity contribution in [2.24, 2.45) is 0 Å². The highest BCUT2D eigenvalue weighted by atomic mass is 32.2. The molecule has 3 aromatic rings. The first-order valence-electron chi connectivity index (χ1n) is 11.0.